The van der Waals surface area contributed by atoms with E-state index in [1.807, 2.05) is 30.3 Å². The molecule has 2 unspecified atom stereocenters. The molecule has 0 radical (unpaired) electrons. The molecular formula is C12H14O2. The predicted octanol–water partition coefficient (Wildman–Crippen LogP) is 2.10. The minimum atomic E-state index is -0.261. The summed E-state index contributed by atoms with van der Waals surface area (Å²) < 4.78 is 5.08. The molecule has 1 aliphatic carbocycles. The highest BCUT2D eigenvalue weighted by atomic mass is 16.5. The first kappa shape index (κ1) is 9.28. The second kappa shape index (κ2) is 3.84. The first-order valence-electron chi connectivity index (χ1n) is 4.80. The molecule has 2 atom stereocenters. The number of benzene rings is 1. The van der Waals surface area contributed by atoms with E-state index in [-0.39, 0.29) is 12.0 Å². The monoisotopic (exact) mass is 190 g/mol. The predicted molar refractivity (Wildman–Crippen MR) is 55.5 cm³/mol. The van der Waals surface area contributed by atoms with Crippen LogP contribution in [0.1, 0.15) is 17.9 Å². The van der Waals surface area contributed by atoms with Gasteiger partial charge in [-0.15, -0.1) is 0 Å². The van der Waals surface area contributed by atoms with Crippen LogP contribution in [0, 0.1) is 0 Å². The van der Waals surface area contributed by atoms with Crippen molar-refractivity contribution in [1.29, 1.82) is 0 Å². The van der Waals surface area contributed by atoms with Crippen molar-refractivity contribution in [1.82, 2.24) is 0 Å². The van der Waals surface area contributed by atoms with Crippen LogP contribution in [0.3, 0.4) is 0 Å². The normalized spacial score (nSPS) is 25.3. The van der Waals surface area contributed by atoms with Gasteiger partial charge in [0.15, 0.2) is 0 Å². The Morgan fingerprint density at radius 2 is 2.00 bits per heavy atom. The molecule has 2 nitrogen and oxygen atoms in total. The standard InChI is InChI=1S/C12H14O2/c1-14-10-7-5-9(6-8-10)11-3-2-4-12(11)13/h2-3,5-8,11-13H,4H2,1H3. The fourth-order valence-corrected chi connectivity index (χ4v) is 1.80. The van der Waals surface area contributed by atoms with Crippen molar-refractivity contribution < 1.29 is 9.84 Å². The van der Waals surface area contributed by atoms with Crippen LogP contribution in [0.2, 0.25) is 0 Å². The molecule has 0 saturated heterocycles. The highest BCUT2D eigenvalue weighted by Crippen LogP contribution is 2.29. The van der Waals surface area contributed by atoms with Crippen molar-refractivity contribution in [3.8, 4) is 5.75 Å². The first-order chi connectivity index (χ1) is 6.81. The number of methoxy groups -OCH3 is 1. The zero-order valence-electron chi connectivity index (χ0n) is 8.18. The average molecular weight is 190 g/mol. The van der Waals surface area contributed by atoms with Gasteiger partial charge in [-0.25, -0.2) is 0 Å². The van der Waals surface area contributed by atoms with Crippen molar-refractivity contribution in [2.45, 2.75) is 18.4 Å². The summed E-state index contributed by atoms with van der Waals surface area (Å²) in [6.45, 7) is 0. The van der Waals surface area contributed by atoms with Crippen LogP contribution in [0.4, 0.5) is 0 Å². The maximum Gasteiger partial charge on any atom is 0.118 e. The van der Waals surface area contributed by atoms with Gasteiger partial charge in [0.2, 0.25) is 0 Å². The maximum atomic E-state index is 9.68. The van der Waals surface area contributed by atoms with Gasteiger partial charge in [0.25, 0.3) is 0 Å². The van der Waals surface area contributed by atoms with Crippen molar-refractivity contribution in [3.05, 3.63) is 42.0 Å². The fourth-order valence-electron chi connectivity index (χ4n) is 1.80. The van der Waals surface area contributed by atoms with Gasteiger partial charge < -0.3 is 9.84 Å². The molecule has 1 aromatic rings. The number of aliphatic hydroxyl groups is 1. The molecule has 14 heavy (non-hydrogen) atoms. The molecule has 2 rings (SSSR count). The molecule has 0 saturated carbocycles. The summed E-state index contributed by atoms with van der Waals surface area (Å²) in [5, 5.41) is 9.68. The Balaban J connectivity index is 2.20. The van der Waals surface area contributed by atoms with Gasteiger partial charge in [0.1, 0.15) is 5.75 Å². The summed E-state index contributed by atoms with van der Waals surface area (Å²) in [6.07, 6.45) is 4.59. The average Bonchev–Trinajstić information content (AvgIpc) is 2.65. The number of hydrogen-bond acceptors (Lipinski definition) is 2. The van der Waals surface area contributed by atoms with Gasteiger partial charge in [-0.05, 0) is 24.1 Å². The van der Waals surface area contributed by atoms with Gasteiger partial charge >= 0.3 is 0 Å². The van der Waals surface area contributed by atoms with Gasteiger partial charge in [0.05, 0.1) is 13.2 Å². The van der Waals surface area contributed by atoms with Crippen LogP contribution in [0.25, 0.3) is 0 Å². The summed E-state index contributed by atoms with van der Waals surface area (Å²) in [4.78, 5) is 0. The number of rotatable bonds is 2. The summed E-state index contributed by atoms with van der Waals surface area (Å²) >= 11 is 0. The lowest BCUT2D eigenvalue weighted by atomic mass is 9.96. The Kier molecular flexibility index (Phi) is 2.55. The molecule has 0 amide bonds. The van der Waals surface area contributed by atoms with E-state index in [0.717, 1.165) is 17.7 Å². The van der Waals surface area contributed by atoms with Crippen LogP contribution >= 0.6 is 0 Å². The molecule has 0 aliphatic heterocycles. The Morgan fingerprint density at radius 3 is 2.50 bits per heavy atom. The third-order valence-corrected chi connectivity index (χ3v) is 2.64. The molecule has 74 valence electrons. The number of hydrogen-bond donors (Lipinski definition) is 1. The number of ether oxygens (including phenoxy) is 1. The summed E-state index contributed by atoms with van der Waals surface area (Å²) in [5.41, 5.74) is 1.15. The van der Waals surface area contributed by atoms with E-state index < -0.39 is 0 Å². The maximum absolute atomic E-state index is 9.68. The highest BCUT2D eigenvalue weighted by molar-refractivity contribution is 5.33. The van der Waals surface area contributed by atoms with Crippen LogP contribution < -0.4 is 4.74 Å². The minimum Gasteiger partial charge on any atom is -0.497 e. The van der Waals surface area contributed by atoms with E-state index in [9.17, 15) is 5.11 Å². The van der Waals surface area contributed by atoms with Crippen molar-refractivity contribution in [3.63, 3.8) is 0 Å². The molecule has 1 N–H and O–H groups in total. The van der Waals surface area contributed by atoms with E-state index in [1.54, 1.807) is 7.11 Å². The quantitative estimate of drug-likeness (QED) is 0.724. The Labute approximate surface area is 83.8 Å². The van der Waals surface area contributed by atoms with E-state index >= 15 is 0 Å². The minimum absolute atomic E-state index is 0.154. The summed E-state index contributed by atoms with van der Waals surface area (Å²) in [5.74, 6) is 1.01. The number of aliphatic hydroxyl groups excluding tert-OH is 1. The van der Waals surface area contributed by atoms with Crippen LogP contribution in [-0.2, 0) is 0 Å². The second-order valence-electron chi connectivity index (χ2n) is 3.53. The van der Waals surface area contributed by atoms with Gasteiger partial charge in [-0.1, -0.05) is 24.3 Å². The van der Waals surface area contributed by atoms with Crippen LogP contribution in [0.5, 0.6) is 5.75 Å². The van der Waals surface area contributed by atoms with E-state index in [4.69, 9.17) is 4.74 Å². The smallest absolute Gasteiger partial charge is 0.118 e. The molecule has 1 aromatic carbocycles. The molecule has 0 fully saturated rings. The van der Waals surface area contributed by atoms with Gasteiger partial charge in [0, 0.05) is 5.92 Å². The fraction of sp³-hybridized carbons (Fsp3) is 0.333. The molecule has 1 aliphatic rings. The zero-order chi connectivity index (χ0) is 9.97. The molecule has 0 bridgehead atoms. The SMILES string of the molecule is COc1ccc(C2C=CCC2O)cc1. The van der Waals surface area contributed by atoms with Crippen molar-refractivity contribution >= 4 is 0 Å². The Morgan fingerprint density at radius 1 is 1.29 bits per heavy atom. The third kappa shape index (κ3) is 1.66. The Bertz CT molecular complexity index is 327. The van der Waals surface area contributed by atoms with Gasteiger partial charge in [-0.3, -0.25) is 0 Å². The van der Waals surface area contributed by atoms with Gasteiger partial charge in [-0.2, -0.15) is 0 Å². The molecular weight excluding hydrogens is 176 g/mol. The lowest BCUT2D eigenvalue weighted by Crippen LogP contribution is -2.11. The lowest BCUT2D eigenvalue weighted by molar-refractivity contribution is 0.171. The van der Waals surface area contributed by atoms with Crippen molar-refractivity contribution in [2.24, 2.45) is 0 Å². The molecule has 0 spiro atoms. The van der Waals surface area contributed by atoms with E-state index in [2.05, 4.69) is 6.08 Å². The molecule has 0 heterocycles. The van der Waals surface area contributed by atoms with E-state index in [0.29, 0.717) is 0 Å². The van der Waals surface area contributed by atoms with E-state index in [1.165, 1.54) is 0 Å². The third-order valence-electron chi connectivity index (χ3n) is 2.64. The largest absolute Gasteiger partial charge is 0.497 e. The zero-order valence-corrected chi connectivity index (χ0v) is 8.18. The van der Waals surface area contributed by atoms with Crippen LogP contribution in [-0.4, -0.2) is 18.3 Å². The summed E-state index contributed by atoms with van der Waals surface area (Å²) in [7, 11) is 1.65. The van der Waals surface area contributed by atoms with Crippen molar-refractivity contribution in [2.75, 3.05) is 7.11 Å². The lowest BCUT2D eigenvalue weighted by Gasteiger charge is -2.14. The molecule has 2 heteroatoms. The molecule has 0 aromatic heterocycles. The summed E-state index contributed by atoms with van der Waals surface area (Å²) in [6, 6.07) is 7.85. The highest BCUT2D eigenvalue weighted by Gasteiger charge is 2.21. The Hall–Kier alpha value is -1.28. The first-order valence-corrected chi connectivity index (χ1v) is 4.80. The second-order valence-corrected chi connectivity index (χ2v) is 3.53. The topological polar surface area (TPSA) is 29.5 Å². The van der Waals surface area contributed by atoms with Crippen LogP contribution in [0.15, 0.2) is 36.4 Å².